The fourth-order valence-corrected chi connectivity index (χ4v) is 9.85. The molecule has 0 saturated carbocycles. The number of alkyl halides is 3. The molecule has 13 atom stereocenters. The number of aliphatic imine (C=N–C) groups is 1. The van der Waals surface area contributed by atoms with E-state index in [4.69, 9.17) is 41.3 Å². The molecule has 0 radical (unpaired) electrons. The van der Waals surface area contributed by atoms with Crippen molar-refractivity contribution in [3.05, 3.63) is 71.8 Å². The van der Waals surface area contributed by atoms with Crippen molar-refractivity contribution < 1.29 is 115 Å². The van der Waals surface area contributed by atoms with E-state index in [1.54, 1.807) is 111 Å². The summed E-state index contributed by atoms with van der Waals surface area (Å²) in [5.41, 5.74) is 16.2. The molecule has 0 saturated heterocycles. The Morgan fingerprint density at radius 3 is 1.60 bits per heavy atom. The van der Waals surface area contributed by atoms with Crippen LogP contribution in [0, 0.1) is 17.8 Å². The standard InChI is InChI=1S/C64H104N14O19Si.C2HF3O2/c1-14-36(6)44(74-53(85)40(26-21-27-68-61(66)67)70-54(86)41(30-34(2)3)71-58(90)48(50(82)35(4)5)78-63(94)97-64(8,9)10)57(89)75-45(37(7)80)56(88)69-31-43(81)73-49(51(83)52(65)84)59(91)72-42(32-79)55(87)76-46(39-24-19-16-20-25-39)47(60(92)95-28-29-98(11,12)13)77-62(93)96-33-38-22-17-15-18-23-38;3-2(4,5)1(6)7/h15-20,22-25,34-37,40-42,44-51,79-80,82-83H,14,21,26-33H2,1-13H3,(H2,65,84)(H,69,88)(H,70,86)(H,71,90)(H,72,91)(H,73,81)(H,74,85)(H,75,89)(H,76,87)(H,77,93)(H,78,94)(H4,66,67,68);(H,6,7)/t36-,37-,40+,41-,42-,44-,45?,46+,47-,48-,49-,50+,51-;/m0./s1. The summed E-state index contributed by atoms with van der Waals surface area (Å²) in [7, 11) is -1.78. The largest absolute Gasteiger partial charge is 0.490 e. The molecular weight excluding hydrogens is 1410 g/mol. The lowest BCUT2D eigenvalue weighted by atomic mass is 9.96. The number of primary amides is 1. The van der Waals surface area contributed by atoms with Gasteiger partial charge >= 0.3 is 30.3 Å². The van der Waals surface area contributed by atoms with Crippen molar-refractivity contribution in [1.29, 1.82) is 0 Å². The van der Waals surface area contributed by atoms with Crippen molar-refractivity contribution in [2.24, 2.45) is 39.9 Å². The average Bonchev–Trinajstić information content (AvgIpc) is 0.815. The zero-order valence-corrected chi connectivity index (χ0v) is 62.1. The molecule has 21 N–H and O–H groups in total. The van der Waals surface area contributed by atoms with Gasteiger partial charge in [-0.3, -0.25) is 48.1 Å². The van der Waals surface area contributed by atoms with Crippen LogP contribution in [-0.4, -0.2) is 222 Å². The van der Waals surface area contributed by atoms with Crippen molar-refractivity contribution in [2.75, 3.05) is 26.3 Å². The number of carbonyl (C=O) groups is 13. The zero-order valence-electron chi connectivity index (χ0n) is 61.1. The van der Waals surface area contributed by atoms with Gasteiger partial charge in [0, 0.05) is 14.6 Å². The minimum absolute atomic E-state index is 0.00711. The van der Waals surface area contributed by atoms with Crippen LogP contribution in [0.2, 0.25) is 25.7 Å². The van der Waals surface area contributed by atoms with Crippen molar-refractivity contribution in [1.82, 2.24) is 53.2 Å². The summed E-state index contributed by atoms with van der Waals surface area (Å²) in [5.74, 6) is -16.1. The van der Waals surface area contributed by atoms with Gasteiger partial charge in [0.25, 0.3) is 0 Å². The second-order valence-corrected chi connectivity index (χ2v) is 33.0. The number of carboxylic acid groups (broad SMARTS) is 1. The van der Waals surface area contributed by atoms with E-state index >= 15 is 0 Å². The van der Waals surface area contributed by atoms with Crippen LogP contribution in [0.15, 0.2) is 65.7 Å². The lowest BCUT2D eigenvalue weighted by Crippen LogP contribution is -2.63. The maximum atomic E-state index is 14.4. The lowest BCUT2D eigenvalue weighted by molar-refractivity contribution is -0.192. The van der Waals surface area contributed by atoms with E-state index < -0.39 is 195 Å². The number of aliphatic hydroxyl groups excluding tert-OH is 4. The van der Waals surface area contributed by atoms with E-state index in [1.165, 1.54) is 12.1 Å². The highest BCUT2D eigenvalue weighted by Crippen LogP contribution is 2.22. The Hall–Kier alpha value is -9.73. The molecule has 0 aliphatic rings. The number of aliphatic hydroxyl groups is 4. The number of halogens is 3. The number of nitrogens with one attached hydrogen (secondary N) is 10. The molecule has 0 spiro atoms. The predicted octanol–water partition coefficient (Wildman–Crippen LogP) is -1.05. The molecule has 0 aromatic heterocycles. The van der Waals surface area contributed by atoms with Gasteiger partial charge in [0.2, 0.25) is 53.2 Å². The zero-order chi connectivity index (χ0) is 80.4. The number of amides is 11. The Balaban J connectivity index is 0.00000746. The average molecular weight is 1520 g/mol. The van der Waals surface area contributed by atoms with Crippen molar-refractivity contribution in [2.45, 2.75) is 212 Å². The van der Waals surface area contributed by atoms with E-state index in [0.29, 0.717) is 11.6 Å². The molecule has 0 bridgehead atoms. The number of nitrogens with two attached hydrogens (primary N) is 3. The number of alkyl carbamates (subject to hydrolysis) is 2. The summed E-state index contributed by atoms with van der Waals surface area (Å²) in [6.07, 6.45) is -12.7. The topological polar surface area (TPSA) is 561 Å². The SMILES string of the molecule is CC[C@H](C)[C@H](NC(=O)[C@@H](CCCN=C(N)N)NC(=O)[C@H](CC(C)C)NC(=O)[C@@H](NC(=O)OC(C)(C)C)[C@H](O)C(C)C)C(=O)NC(C(=O)NCC(=O)N[C@H](C(=O)N[C@@H](CO)C(=O)N[C@H](c1ccccc1)[C@H](NC(=O)OCc1ccccc1)C(=O)OCC[Si](C)(C)C)[C@H](O)C(N)=O)[C@H](C)O.O=C(O)C(F)(F)F. The highest BCUT2D eigenvalue weighted by atomic mass is 28.3. The Kier molecular flexibility index (Phi) is 39.8. The van der Waals surface area contributed by atoms with E-state index in [9.17, 15) is 91.1 Å². The molecule has 39 heteroatoms. The summed E-state index contributed by atoms with van der Waals surface area (Å²) < 4.78 is 48.1. The maximum absolute atomic E-state index is 14.4. The molecule has 0 heterocycles. The number of benzene rings is 2. The molecular formula is C66H105F3N14O21Si. The molecule has 2 aromatic rings. The molecule has 590 valence electrons. The quantitative estimate of drug-likeness (QED) is 0.00946. The van der Waals surface area contributed by atoms with Gasteiger partial charge in [0.1, 0.15) is 54.5 Å². The summed E-state index contributed by atoms with van der Waals surface area (Å²) in [6.45, 7) is 19.4. The van der Waals surface area contributed by atoms with Crippen LogP contribution >= 0.6 is 0 Å². The number of aliphatic carboxylic acids is 1. The Bertz CT molecular complexity index is 3230. The highest BCUT2D eigenvalue weighted by molar-refractivity contribution is 6.76. The van der Waals surface area contributed by atoms with Gasteiger partial charge in [-0.15, -0.1) is 0 Å². The van der Waals surface area contributed by atoms with Gasteiger partial charge in [0.05, 0.1) is 38.0 Å². The third kappa shape index (κ3) is 36.0. The number of esters is 1. The van der Waals surface area contributed by atoms with Crippen LogP contribution < -0.4 is 70.4 Å². The first-order valence-corrected chi connectivity index (χ1v) is 37.2. The summed E-state index contributed by atoms with van der Waals surface area (Å²) in [6, 6.07) is 1.54. The van der Waals surface area contributed by atoms with E-state index in [1.807, 2.05) is 25.0 Å². The van der Waals surface area contributed by atoms with Crippen molar-refractivity contribution in [3.63, 3.8) is 0 Å². The summed E-state index contributed by atoms with van der Waals surface area (Å²) >= 11 is 0. The summed E-state index contributed by atoms with van der Waals surface area (Å²) in [4.78, 5) is 178. The molecule has 11 amide bonds. The molecule has 0 aliphatic carbocycles. The van der Waals surface area contributed by atoms with E-state index in [2.05, 4.69) is 52.8 Å². The molecule has 2 rings (SSSR count). The van der Waals surface area contributed by atoms with Gasteiger partial charge in [-0.05, 0) is 81.9 Å². The monoisotopic (exact) mass is 1510 g/mol. The first kappa shape index (κ1) is 93.3. The normalized spacial score (nSPS) is 15.2. The van der Waals surface area contributed by atoms with Gasteiger partial charge in [-0.25, -0.2) is 19.2 Å². The van der Waals surface area contributed by atoms with Gasteiger partial charge in [-0.1, -0.05) is 128 Å². The van der Waals surface area contributed by atoms with Gasteiger partial charge in [-0.2, -0.15) is 13.2 Å². The third-order valence-corrected chi connectivity index (χ3v) is 16.8. The number of ether oxygens (including phenoxy) is 3. The number of hydrogen-bond acceptors (Lipinski definition) is 21. The second-order valence-electron chi connectivity index (χ2n) is 27.4. The maximum Gasteiger partial charge on any atom is 0.490 e. The fourth-order valence-electron chi connectivity index (χ4n) is 9.14. The molecule has 1 unspecified atom stereocenters. The van der Waals surface area contributed by atoms with Crippen molar-refractivity contribution in [3.8, 4) is 0 Å². The minimum Gasteiger partial charge on any atom is -0.475 e. The predicted molar refractivity (Wildman–Crippen MR) is 375 cm³/mol. The number of carboxylic acids is 1. The minimum atomic E-state index is -5.08. The van der Waals surface area contributed by atoms with Crippen LogP contribution in [0.25, 0.3) is 0 Å². The van der Waals surface area contributed by atoms with Crippen LogP contribution in [0.3, 0.4) is 0 Å². The van der Waals surface area contributed by atoms with E-state index in [0.717, 1.165) is 6.92 Å². The summed E-state index contributed by atoms with van der Waals surface area (Å²) in [5, 5.41) is 74.2. The number of guanidine groups is 1. The lowest BCUT2D eigenvalue weighted by Gasteiger charge is -2.31. The first-order chi connectivity index (χ1) is 48.6. The van der Waals surface area contributed by atoms with Crippen LogP contribution in [-0.2, 0) is 73.6 Å². The smallest absolute Gasteiger partial charge is 0.475 e. The molecule has 0 aliphatic heterocycles. The van der Waals surface area contributed by atoms with E-state index in [-0.39, 0.29) is 62.9 Å². The molecule has 35 nitrogen and oxygen atoms in total. The molecule has 2 aromatic carbocycles. The van der Waals surface area contributed by atoms with Crippen LogP contribution in [0.4, 0.5) is 22.8 Å². The third-order valence-electron chi connectivity index (χ3n) is 15.1. The number of rotatable bonds is 40. The number of carbonyl (C=O) groups excluding carboxylic acids is 12. The number of hydrogen-bond donors (Lipinski definition) is 18. The molecule has 0 fully saturated rings. The fraction of sp³-hybridized carbons (Fsp3) is 0.606. The van der Waals surface area contributed by atoms with Crippen molar-refractivity contribution >= 4 is 91.3 Å². The molecule has 105 heavy (non-hydrogen) atoms. The second kappa shape index (κ2) is 44.8. The van der Waals surface area contributed by atoms with Gasteiger partial charge in [0.15, 0.2) is 18.1 Å². The first-order valence-electron chi connectivity index (χ1n) is 33.5. The van der Waals surface area contributed by atoms with Crippen LogP contribution in [0.1, 0.15) is 112 Å². The Morgan fingerprint density at radius 2 is 1.10 bits per heavy atom. The van der Waals surface area contributed by atoms with Crippen LogP contribution in [0.5, 0.6) is 0 Å². The van der Waals surface area contributed by atoms with Gasteiger partial charge < -0.3 is 110 Å². The number of nitrogens with zero attached hydrogens (tertiary/aromatic N) is 1. The Labute approximate surface area is 607 Å². The Morgan fingerprint density at radius 1 is 0.600 bits per heavy atom. The highest BCUT2D eigenvalue weighted by Gasteiger charge is 2.42.